The molecule has 1 aliphatic heterocycles. The van der Waals surface area contributed by atoms with Gasteiger partial charge in [-0.3, -0.25) is 0 Å². The third kappa shape index (κ3) is 2.39. The van der Waals surface area contributed by atoms with Gasteiger partial charge in [-0.05, 0) is 18.6 Å². The molecule has 1 fully saturated rings. The van der Waals surface area contributed by atoms with Crippen molar-refractivity contribution in [2.45, 2.75) is 19.4 Å². The number of β-amino-alcohol motifs (C(OH)–C–C–N with tert-alkyl or cyclic N) is 1. The largest absolute Gasteiger partial charge is 0.441 e. The maximum atomic E-state index is 12.0. The van der Waals surface area contributed by atoms with Crippen molar-refractivity contribution in [2.24, 2.45) is 0 Å². The molecule has 1 aromatic carbocycles. The number of rotatable bonds is 1. The standard InChI is InChI=1S/C13H15N3O3/c1-8-14-11-3-2-9(6-12(11)19-8)15-13(18)16-5-4-10(17)7-16/h2-3,6,10,17H,4-5,7H2,1H3,(H,15,18)/t10-/m0/s1. The van der Waals surface area contributed by atoms with Crippen molar-refractivity contribution in [2.75, 3.05) is 18.4 Å². The number of aliphatic hydroxyl groups excluding tert-OH is 1. The van der Waals surface area contributed by atoms with Crippen molar-refractivity contribution in [3.63, 3.8) is 0 Å². The van der Waals surface area contributed by atoms with Crippen molar-refractivity contribution in [3.8, 4) is 0 Å². The highest BCUT2D eigenvalue weighted by atomic mass is 16.3. The van der Waals surface area contributed by atoms with Gasteiger partial charge in [0.05, 0.1) is 6.10 Å². The van der Waals surface area contributed by atoms with Gasteiger partial charge in [-0.2, -0.15) is 0 Å². The van der Waals surface area contributed by atoms with Crippen LogP contribution in [0, 0.1) is 6.92 Å². The Morgan fingerprint density at radius 2 is 2.42 bits per heavy atom. The van der Waals surface area contributed by atoms with Crippen molar-refractivity contribution in [1.29, 1.82) is 0 Å². The van der Waals surface area contributed by atoms with Crippen molar-refractivity contribution >= 4 is 22.8 Å². The molecule has 0 aliphatic carbocycles. The van der Waals surface area contributed by atoms with E-state index in [0.29, 0.717) is 36.7 Å². The van der Waals surface area contributed by atoms with E-state index in [1.165, 1.54) is 0 Å². The van der Waals surface area contributed by atoms with Gasteiger partial charge in [-0.15, -0.1) is 0 Å². The molecule has 3 rings (SSSR count). The predicted molar refractivity (Wildman–Crippen MR) is 70.0 cm³/mol. The summed E-state index contributed by atoms with van der Waals surface area (Å²) < 4.78 is 5.42. The Hall–Kier alpha value is -2.08. The molecule has 2 heterocycles. The lowest BCUT2D eigenvalue weighted by molar-refractivity contribution is 0.176. The number of nitrogens with one attached hydrogen (secondary N) is 1. The van der Waals surface area contributed by atoms with Crippen LogP contribution >= 0.6 is 0 Å². The Kier molecular flexibility index (Phi) is 2.87. The molecule has 100 valence electrons. The number of carbonyl (C=O) groups excluding carboxylic acids is 1. The minimum absolute atomic E-state index is 0.202. The number of aryl methyl sites for hydroxylation is 1. The number of benzene rings is 1. The molecule has 0 radical (unpaired) electrons. The molecule has 0 bridgehead atoms. The third-order valence-electron chi connectivity index (χ3n) is 3.20. The van der Waals surface area contributed by atoms with Gasteiger partial charge < -0.3 is 19.7 Å². The van der Waals surface area contributed by atoms with Gasteiger partial charge in [0.1, 0.15) is 5.52 Å². The van der Waals surface area contributed by atoms with E-state index < -0.39 is 6.10 Å². The zero-order valence-electron chi connectivity index (χ0n) is 10.6. The maximum Gasteiger partial charge on any atom is 0.321 e. The van der Waals surface area contributed by atoms with E-state index in [4.69, 9.17) is 4.42 Å². The van der Waals surface area contributed by atoms with Crippen LogP contribution in [0.4, 0.5) is 10.5 Å². The summed E-state index contributed by atoms with van der Waals surface area (Å²) in [6, 6.07) is 5.14. The fourth-order valence-corrected chi connectivity index (χ4v) is 2.25. The number of oxazole rings is 1. The van der Waals surface area contributed by atoms with Gasteiger partial charge in [-0.1, -0.05) is 0 Å². The number of nitrogens with zero attached hydrogens (tertiary/aromatic N) is 2. The number of fused-ring (bicyclic) bond motifs is 1. The second kappa shape index (κ2) is 4.55. The van der Waals surface area contributed by atoms with E-state index in [1.807, 2.05) is 0 Å². The second-order valence-electron chi connectivity index (χ2n) is 4.73. The van der Waals surface area contributed by atoms with Crippen molar-refractivity contribution in [1.82, 2.24) is 9.88 Å². The lowest BCUT2D eigenvalue weighted by Crippen LogP contribution is -2.33. The summed E-state index contributed by atoms with van der Waals surface area (Å²) in [5, 5.41) is 12.2. The number of urea groups is 1. The minimum Gasteiger partial charge on any atom is -0.441 e. The number of amides is 2. The Bertz CT molecular complexity index is 623. The molecule has 0 saturated carbocycles. The Balaban J connectivity index is 1.75. The number of aliphatic hydroxyl groups is 1. The van der Waals surface area contributed by atoms with Crippen molar-refractivity contribution < 1.29 is 14.3 Å². The monoisotopic (exact) mass is 261 g/mol. The van der Waals surface area contributed by atoms with E-state index in [-0.39, 0.29) is 6.03 Å². The summed E-state index contributed by atoms with van der Waals surface area (Å²) in [4.78, 5) is 17.8. The predicted octanol–water partition coefficient (Wildman–Crippen LogP) is 1.73. The molecule has 19 heavy (non-hydrogen) atoms. The molecule has 1 atom stereocenters. The van der Waals surface area contributed by atoms with Gasteiger partial charge in [0, 0.05) is 31.8 Å². The molecule has 2 aromatic rings. The number of hydrogen-bond acceptors (Lipinski definition) is 4. The van der Waals surface area contributed by atoms with Crippen LogP contribution in [0.1, 0.15) is 12.3 Å². The van der Waals surface area contributed by atoms with Crippen LogP contribution in [0.5, 0.6) is 0 Å². The number of aromatic nitrogens is 1. The normalized spacial score (nSPS) is 19.1. The summed E-state index contributed by atoms with van der Waals surface area (Å²) in [5.74, 6) is 0.598. The molecule has 6 heteroatoms. The van der Waals surface area contributed by atoms with Crippen LogP contribution in [0.15, 0.2) is 22.6 Å². The smallest absolute Gasteiger partial charge is 0.321 e. The number of carbonyl (C=O) groups is 1. The molecule has 1 aliphatic rings. The van der Waals surface area contributed by atoms with Gasteiger partial charge in [0.25, 0.3) is 0 Å². The first kappa shape index (κ1) is 12.0. The first-order valence-electron chi connectivity index (χ1n) is 6.23. The topological polar surface area (TPSA) is 78.6 Å². The zero-order valence-corrected chi connectivity index (χ0v) is 10.6. The highest BCUT2D eigenvalue weighted by molar-refractivity contribution is 5.91. The fourth-order valence-electron chi connectivity index (χ4n) is 2.25. The van der Waals surface area contributed by atoms with E-state index in [1.54, 1.807) is 30.0 Å². The molecular formula is C13H15N3O3. The van der Waals surface area contributed by atoms with Crippen LogP contribution in [-0.2, 0) is 0 Å². The van der Waals surface area contributed by atoms with E-state index >= 15 is 0 Å². The van der Waals surface area contributed by atoms with E-state index in [0.717, 1.165) is 5.52 Å². The van der Waals surface area contributed by atoms with Gasteiger partial charge in [0.2, 0.25) is 0 Å². The average molecular weight is 261 g/mol. The Morgan fingerprint density at radius 1 is 1.58 bits per heavy atom. The molecule has 2 amide bonds. The minimum atomic E-state index is -0.412. The van der Waals surface area contributed by atoms with Crippen LogP contribution in [0.25, 0.3) is 11.1 Å². The molecular weight excluding hydrogens is 246 g/mol. The zero-order chi connectivity index (χ0) is 13.4. The van der Waals surface area contributed by atoms with Crippen LogP contribution in [-0.4, -0.2) is 40.2 Å². The molecule has 0 spiro atoms. The summed E-state index contributed by atoms with van der Waals surface area (Å²) >= 11 is 0. The first-order valence-corrected chi connectivity index (χ1v) is 6.23. The Morgan fingerprint density at radius 3 is 3.16 bits per heavy atom. The van der Waals surface area contributed by atoms with Crippen molar-refractivity contribution in [3.05, 3.63) is 24.1 Å². The van der Waals surface area contributed by atoms with E-state index in [9.17, 15) is 9.90 Å². The molecule has 6 nitrogen and oxygen atoms in total. The average Bonchev–Trinajstić information content (AvgIpc) is 2.93. The number of likely N-dealkylation sites (tertiary alicyclic amines) is 1. The lowest BCUT2D eigenvalue weighted by Gasteiger charge is -2.16. The quantitative estimate of drug-likeness (QED) is 0.819. The molecule has 1 saturated heterocycles. The second-order valence-corrected chi connectivity index (χ2v) is 4.73. The van der Waals surface area contributed by atoms with Crippen LogP contribution in [0.3, 0.4) is 0 Å². The van der Waals surface area contributed by atoms with Crippen LogP contribution < -0.4 is 5.32 Å². The van der Waals surface area contributed by atoms with Crippen LogP contribution in [0.2, 0.25) is 0 Å². The summed E-state index contributed by atoms with van der Waals surface area (Å²) in [6.45, 7) is 2.75. The summed E-state index contributed by atoms with van der Waals surface area (Å²) in [6.07, 6.45) is 0.221. The Labute approximate surface area is 110 Å². The van der Waals surface area contributed by atoms with Gasteiger partial charge in [-0.25, -0.2) is 9.78 Å². The van der Waals surface area contributed by atoms with Gasteiger partial charge >= 0.3 is 6.03 Å². The lowest BCUT2D eigenvalue weighted by atomic mass is 10.3. The summed E-state index contributed by atoms with van der Waals surface area (Å²) in [5.41, 5.74) is 2.08. The molecule has 2 N–H and O–H groups in total. The number of hydrogen-bond donors (Lipinski definition) is 2. The first-order chi connectivity index (χ1) is 9.11. The maximum absolute atomic E-state index is 12.0. The summed E-state index contributed by atoms with van der Waals surface area (Å²) in [7, 11) is 0. The molecule has 1 aromatic heterocycles. The highest BCUT2D eigenvalue weighted by Crippen LogP contribution is 2.20. The fraction of sp³-hybridized carbons (Fsp3) is 0.385. The highest BCUT2D eigenvalue weighted by Gasteiger charge is 2.24. The third-order valence-corrected chi connectivity index (χ3v) is 3.20. The SMILES string of the molecule is Cc1nc2ccc(NC(=O)N3CC[C@H](O)C3)cc2o1. The number of anilines is 1. The van der Waals surface area contributed by atoms with E-state index in [2.05, 4.69) is 10.3 Å². The van der Waals surface area contributed by atoms with Gasteiger partial charge in [0.15, 0.2) is 11.5 Å². The molecule has 0 unspecified atom stereocenters.